The summed E-state index contributed by atoms with van der Waals surface area (Å²) in [6.45, 7) is 6.79. The minimum absolute atomic E-state index is 0.0416. The van der Waals surface area contributed by atoms with Crippen molar-refractivity contribution in [2.75, 3.05) is 13.1 Å². The lowest BCUT2D eigenvalue weighted by molar-refractivity contribution is -0.122. The summed E-state index contributed by atoms with van der Waals surface area (Å²) in [7, 11) is 0. The second-order valence-electron chi connectivity index (χ2n) is 9.59. The van der Waals surface area contributed by atoms with Gasteiger partial charge in [0.25, 0.3) is 0 Å². The number of ether oxygens (including phenoxy) is 1. The van der Waals surface area contributed by atoms with Gasteiger partial charge in [-0.25, -0.2) is 4.79 Å². The molecule has 0 spiro atoms. The highest BCUT2D eigenvalue weighted by atomic mass is 16.6. The summed E-state index contributed by atoms with van der Waals surface area (Å²) in [5.74, 6) is 0.853. The van der Waals surface area contributed by atoms with Gasteiger partial charge in [0.05, 0.1) is 0 Å². The molecule has 7 heteroatoms. The number of fused-ring (bicyclic) bond motifs is 1. The zero-order chi connectivity index (χ0) is 23.4. The lowest BCUT2D eigenvalue weighted by Gasteiger charge is -2.33. The summed E-state index contributed by atoms with van der Waals surface area (Å²) in [5, 5.41) is 4.14. The van der Waals surface area contributed by atoms with Crippen LogP contribution in [0.2, 0.25) is 0 Å². The van der Waals surface area contributed by atoms with Gasteiger partial charge in [-0.3, -0.25) is 9.78 Å². The van der Waals surface area contributed by atoms with Crippen LogP contribution < -0.4 is 5.32 Å². The SMILES string of the molecule is CC(C)(C)OC(=O)N1CCC(CC(=O)NC(c2cccnc2)c2cc3ccccc3o2)CC1. The van der Waals surface area contributed by atoms with E-state index in [9.17, 15) is 9.59 Å². The number of rotatable bonds is 5. The molecule has 1 aliphatic heterocycles. The third-order valence-electron chi connectivity index (χ3n) is 5.79. The van der Waals surface area contributed by atoms with Gasteiger partial charge in [0.1, 0.15) is 23.0 Å². The molecule has 3 aromatic rings. The second-order valence-corrected chi connectivity index (χ2v) is 9.59. The van der Waals surface area contributed by atoms with Crippen LogP contribution in [0.5, 0.6) is 0 Å². The average Bonchev–Trinajstić information content (AvgIpc) is 3.21. The Morgan fingerprint density at radius 2 is 1.94 bits per heavy atom. The molecular weight excluding hydrogens is 418 g/mol. The zero-order valence-electron chi connectivity index (χ0n) is 19.4. The molecule has 1 saturated heterocycles. The summed E-state index contributed by atoms with van der Waals surface area (Å²) >= 11 is 0. The van der Waals surface area contributed by atoms with Crippen LogP contribution in [0, 0.1) is 5.92 Å². The van der Waals surface area contributed by atoms with E-state index < -0.39 is 11.6 Å². The first kappa shape index (κ1) is 22.8. The number of benzene rings is 1. The molecule has 0 aliphatic carbocycles. The monoisotopic (exact) mass is 449 g/mol. The van der Waals surface area contributed by atoms with E-state index in [0.29, 0.717) is 25.3 Å². The van der Waals surface area contributed by atoms with Crippen LogP contribution in [-0.2, 0) is 9.53 Å². The smallest absolute Gasteiger partial charge is 0.410 e. The van der Waals surface area contributed by atoms with Gasteiger partial charge in [0, 0.05) is 42.9 Å². The van der Waals surface area contributed by atoms with Crippen LogP contribution in [0.1, 0.15) is 57.4 Å². The van der Waals surface area contributed by atoms with Crippen molar-refractivity contribution in [1.82, 2.24) is 15.2 Å². The number of pyridine rings is 1. The fourth-order valence-electron chi connectivity index (χ4n) is 4.14. The number of hydrogen-bond donors (Lipinski definition) is 1. The van der Waals surface area contributed by atoms with Gasteiger partial charge in [-0.05, 0) is 57.7 Å². The van der Waals surface area contributed by atoms with Crippen molar-refractivity contribution in [2.45, 2.75) is 51.7 Å². The molecular formula is C26H31N3O4. The van der Waals surface area contributed by atoms with Gasteiger partial charge in [-0.2, -0.15) is 0 Å². The molecule has 33 heavy (non-hydrogen) atoms. The Balaban J connectivity index is 1.39. The molecule has 0 saturated carbocycles. The molecule has 1 atom stereocenters. The fourth-order valence-corrected chi connectivity index (χ4v) is 4.14. The van der Waals surface area contributed by atoms with E-state index in [-0.39, 0.29) is 17.9 Å². The molecule has 1 fully saturated rings. The molecule has 4 rings (SSSR count). The highest BCUT2D eigenvalue weighted by Crippen LogP contribution is 2.29. The molecule has 1 unspecified atom stereocenters. The first-order chi connectivity index (χ1) is 15.8. The maximum atomic E-state index is 13.0. The number of piperidine rings is 1. The van der Waals surface area contributed by atoms with Crippen LogP contribution in [0.4, 0.5) is 4.79 Å². The number of nitrogens with one attached hydrogen (secondary N) is 1. The van der Waals surface area contributed by atoms with Gasteiger partial charge < -0.3 is 19.4 Å². The number of likely N-dealkylation sites (tertiary alicyclic amines) is 1. The molecule has 1 aliphatic rings. The van der Waals surface area contributed by atoms with Gasteiger partial charge in [0.15, 0.2) is 0 Å². The number of carbonyl (C=O) groups is 2. The van der Waals surface area contributed by atoms with Gasteiger partial charge in [-0.1, -0.05) is 24.3 Å². The van der Waals surface area contributed by atoms with Crippen LogP contribution in [0.25, 0.3) is 11.0 Å². The highest BCUT2D eigenvalue weighted by molar-refractivity contribution is 5.80. The van der Waals surface area contributed by atoms with Crippen LogP contribution in [0.3, 0.4) is 0 Å². The predicted octanol–water partition coefficient (Wildman–Crippen LogP) is 5.07. The van der Waals surface area contributed by atoms with Crippen LogP contribution in [-0.4, -0.2) is 40.6 Å². The summed E-state index contributed by atoms with van der Waals surface area (Å²) in [6.07, 6.45) is 5.12. The molecule has 0 bridgehead atoms. The third kappa shape index (κ3) is 5.92. The van der Waals surface area contributed by atoms with Gasteiger partial charge in [0.2, 0.25) is 5.91 Å². The van der Waals surface area contributed by atoms with E-state index in [1.54, 1.807) is 17.3 Å². The minimum atomic E-state index is -0.508. The van der Waals surface area contributed by atoms with E-state index >= 15 is 0 Å². The van der Waals surface area contributed by atoms with Crippen LogP contribution >= 0.6 is 0 Å². The molecule has 1 N–H and O–H groups in total. The molecule has 7 nitrogen and oxygen atoms in total. The summed E-state index contributed by atoms with van der Waals surface area (Å²) in [6, 6.07) is 13.1. The fraction of sp³-hybridized carbons (Fsp3) is 0.423. The first-order valence-corrected chi connectivity index (χ1v) is 11.4. The van der Waals surface area contributed by atoms with Gasteiger partial charge >= 0.3 is 6.09 Å². The van der Waals surface area contributed by atoms with E-state index in [2.05, 4.69) is 10.3 Å². The maximum absolute atomic E-state index is 13.0. The van der Waals surface area contributed by atoms with Crippen molar-refractivity contribution >= 4 is 23.0 Å². The highest BCUT2D eigenvalue weighted by Gasteiger charge is 2.29. The number of carbonyl (C=O) groups excluding carboxylic acids is 2. The zero-order valence-corrected chi connectivity index (χ0v) is 19.4. The van der Waals surface area contributed by atoms with Gasteiger partial charge in [-0.15, -0.1) is 0 Å². The number of para-hydroxylation sites is 1. The molecule has 1 aromatic carbocycles. The Kier molecular flexibility index (Phi) is 6.67. The van der Waals surface area contributed by atoms with Crippen molar-refractivity contribution in [3.8, 4) is 0 Å². The lowest BCUT2D eigenvalue weighted by Crippen LogP contribution is -2.42. The first-order valence-electron chi connectivity index (χ1n) is 11.4. The molecule has 2 amide bonds. The van der Waals surface area contributed by atoms with Crippen molar-refractivity contribution in [1.29, 1.82) is 0 Å². The number of amides is 2. The molecule has 3 heterocycles. The summed E-state index contributed by atoms with van der Waals surface area (Å²) < 4.78 is 11.5. The Labute approximate surface area is 194 Å². The van der Waals surface area contributed by atoms with Crippen molar-refractivity contribution in [3.05, 3.63) is 66.2 Å². The second kappa shape index (κ2) is 9.65. The summed E-state index contributed by atoms with van der Waals surface area (Å²) in [5.41, 5.74) is 1.14. The standard InChI is InChI=1S/C26H31N3O4/c1-26(2,3)33-25(31)29-13-10-18(11-14-29)15-23(30)28-24(20-8-6-12-27-17-20)22-16-19-7-4-5-9-21(19)32-22/h4-9,12,16-18,24H,10-11,13-15H2,1-3H3,(H,28,30). The third-order valence-corrected chi connectivity index (χ3v) is 5.79. The number of furan rings is 1. The topological polar surface area (TPSA) is 84.7 Å². The Morgan fingerprint density at radius 1 is 1.18 bits per heavy atom. The Hall–Kier alpha value is -3.35. The van der Waals surface area contributed by atoms with E-state index in [1.165, 1.54) is 0 Å². The Morgan fingerprint density at radius 3 is 2.61 bits per heavy atom. The molecule has 174 valence electrons. The van der Waals surface area contributed by atoms with Crippen LogP contribution in [0.15, 0.2) is 59.3 Å². The van der Waals surface area contributed by atoms with E-state index in [1.807, 2.05) is 63.2 Å². The van der Waals surface area contributed by atoms with Crippen molar-refractivity contribution < 1.29 is 18.7 Å². The lowest BCUT2D eigenvalue weighted by atomic mass is 9.93. The van der Waals surface area contributed by atoms with E-state index in [0.717, 1.165) is 29.4 Å². The normalized spacial score (nSPS) is 15.9. The molecule has 0 radical (unpaired) electrons. The predicted molar refractivity (Wildman–Crippen MR) is 126 cm³/mol. The minimum Gasteiger partial charge on any atom is -0.459 e. The quantitative estimate of drug-likeness (QED) is 0.588. The van der Waals surface area contributed by atoms with E-state index in [4.69, 9.17) is 9.15 Å². The number of nitrogens with zero attached hydrogens (tertiary/aromatic N) is 2. The number of aromatic nitrogens is 1. The van der Waals surface area contributed by atoms with Crippen molar-refractivity contribution in [3.63, 3.8) is 0 Å². The maximum Gasteiger partial charge on any atom is 0.410 e. The number of hydrogen-bond acceptors (Lipinski definition) is 5. The average molecular weight is 450 g/mol. The summed E-state index contributed by atoms with van der Waals surface area (Å²) in [4.78, 5) is 31.2. The largest absolute Gasteiger partial charge is 0.459 e. The van der Waals surface area contributed by atoms with Crippen molar-refractivity contribution in [2.24, 2.45) is 5.92 Å². The molecule has 2 aromatic heterocycles. The Bertz CT molecular complexity index is 1060.